The van der Waals surface area contributed by atoms with Crippen LogP contribution in [0.4, 0.5) is 0 Å². The Kier molecular flexibility index (Phi) is 5.91. The lowest BCUT2D eigenvalue weighted by atomic mass is 10.1. The minimum absolute atomic E-state index is 0.334. The van der Waals surface area contributed by atoms with E-state index in [2.05, 4.69) is 4.98 Å². The molecule has 2 N–H and O–H groups in total. The van der Waals surface area contributed by atoms with Crippen molar-refractivity contribution in [3.63, 3.8) is 0 Å². The molecule has 0 amide bonds. The molecule has 0 bridgehead atoms. The average Bonchev–Trinajstić information content (AvgIpc) is 2.54. The number of ether oxygens (including phenoxy) is 2. The second-order valence-electron chi connectivity index (χ2n) is 4.86. The van der Waals surface area contributed by atoms with Crippen LogP contribution < -0.4 is 10.5 Å². The van der Waals surface area contributed by atoms with Gasteiger partial charge in [0.05, 0.1) is 6.61 Å². The van der Waals surface area contributed by atoms with Gasteiger partial charge in [-0.25, -0.2) is 0 Å². The molecule has 1 aromatic carbocycles. The molecule has 116 valence electrons. The van der Waals surface area contributed by atoms with Gasteiger partial charge in [0.2, 0.25) is 0 Å². The average molecular weight is 300 g/mol. The maximum absolute atomic E-state index is 11.6. The molecule has 0 aliphatic rings. The first kappa shape index (κ1) is 16.0. The second kappa shape index (κ2) is 8.14. The van der Waals surface area contributed by atoms with Gasteiger partial charge < -0.3 is 15.2 Å². The molecule has 1 atom stereocenters. The lowest BCUT2D eigenvalue weighted by Crippen LogP contribution is -2.34. The Balaban J connectivity index is 1.93. The van der Waals surface area contributed by atoms with Crippen LogP contribution in [-0.2, 0) is 22.6 Å². The molecule has 22 heavy (non-hydrogen) atoms. The van der Waals surface area contributed by atoms with Crippen molar-refractivity contribution in [1.82, 2.24) is 4.98 Å². The van der Waals surface area contributed by atoms with E-state index in [0.717, 1.165) is 16.9 Å². The highest BCUT2D eigenvalue weighted by molar-refractivity contribution is 5.75. The summed E-state index contributed by atoms with van der Waals surface area (Å²) in [4.78, 5) is 15.6. The van der Waals surface area contributed by atoms with E-state index in [1.54, 1.807) is 19.3 Å². The van der Waals surface area contributed by atoms with Gasteiger partial charge >= 0.3 is 5.97 Å². The van der Waals surface area contributed by atoms with Gasteiger partial charge in [0, 0.05) is 18.0 Å². The zero-order chi connectivity index (χ0) is 15.8. The molecule has 5 heteroatoms. The fourth-order valence-electron chi connectivity index (χ4n) is 2.00. The Hall–Kier alpha value is -2.40. The van der Waals surface area contributed by atoms with Crippen LogP contribution in [0.1, 0.15) is 18.1 Å². The van der Waals surface area contributed by atoms with Crippen LogP contribution in [0.2, 0.25) is 0 Å². The number of esters is 1. The van der Waals surface area contributed by atoms with Gasteiger partial charge in [-0.15, -0.1) is 0 Å². The first-order valence-corrected chi connectivity index (χ1v) is 7.22. The summed E-state index contributed by atoms with van der Waals surface area (Å²) < 4.78 is 10.6. The third-order valence-electron chi connectivity index (χ3n) is 3.07. The van der Waals surface area contributed by atoms with E-state index in [1.165, 1.54) is 0 Å². The number of carbonyl (C=O) groups is 1. The van der Waals surface area contributed by atoms with Crippen LogP contribution >= 0.6 is 0 Å². The van der Waals surface area contributed by atoms with E-state index in [1.807, 2.05) is 36.4 Å². The van der Waals surface area contributed by atoms with Gasteiger partial charge in [-0.05, 0) is 37.1 Å². The molecule has 2 rings (SSSR count). The summed E-state index contributed by atoms with van der Waals surface area (Å²) in [5.41, 5.74) is 7.76. The van der Waals surface area contributed by atoms with Crippen molar-refractivity contribution in [1.29, 1.82) is 0 Å². The molecule has 0 saturated heterocycles. The van der Waals surface area contributed by atoms with E-state index in [4.69, 9.17) is 15.2 Å². The Morgan fingerprint density at radius 1 is 1.27 bits per heavy atom. The summed E-state index contributed by atoms with van der Waals surface area (Å²) >= 11 is 0. The van der Waals surface area contributed by atoms with Crippen LogP contribution in [0.15, 0.2) is 48.8 Å². The summed E-state index contributed by atoms with van der Waals surface area (Å²) in [5, 5.41) is 0. The van der Waals surface area contributed by atoms with E-state index in [9.17, 15) is 4.79 Å². The van der Waals surface area contributed by atoms with Crippen molar-refractivity contribution < 1.29 is 14.3 Å². The Bertz CT molecular complexity index is 602. The fraction of sp³-hybridized carbons (Fsp3) is 0.294. The largest absolute Gasteiger partial charge is 0.489 e. The summed E-state index contributed by atoms with van der Waals surface area (Å²) in [5.74, 6) is 0.349. The Morgan fingerprint density at radius 3 is 2.82 bits per heavy atom. The third kappa shape index (κ3) is 4.86. The third-order valence-corrected chi connectivity index (χ3v) is 3.07. The van der Waals surface area contributed by atoms with Gasteiger partial charge in [-0.2, -0.15) is 0 Å². The number of nitrogens with zero attached hydrogens (tertiary/aromatic N) is 1. The normalized spacial score (nSPS) is 11.7. The van der Waals surface area contributed by atoms with Gasteiger partial charge in [0.25, 0.3) is 0 Å². The number of hydrogen-bond acceptors (Lipinski definition) is 5. The quantitative estimate of drug-likeness (QED) is 0.793. The number of nitrogens with two attached hydrogens (primary N) is 1. The SMILES string of the molecule is CCOC(=O)C(N)Cc1cccc(OCc2cccnc2)c1. The molecule has 0 fully saturated rings. The number of hydrogen-bond donors (Lipinski definition) is 1. The lowest BCUT2D eigenvalue weighted by Gasteiger charge is -2.12. The molecule has 2 aromatic rings. The minimum atomic E-state index is -0.659. The zero-order valence-electron chi connectivity index (χ0n) is 12.6. The summed E-state index contributed by atoms with van der Waals surface area (Å²) in [6.07, 6.45) is 3.91. The first-order valence-electron chi connectivity index (χ1n) is 7.22. The molecule has 0 radical (unpaired) electrons. The number of benzene rings is 1. The summed E-state index contributed by atoms with van der Waals surface area (Å²) in [6, 6.07) is 10.7. The maximum atomic E-state index is 11.6. The number of aromatic nitrogens is 1. The van der Waals surface area contributed by atoms with Crippen molar-refractivity contribution in [2.75, 3.05) is 6.61 Å². The van der Waals surface area contributed by atoms with E-state index in [0.29, 0.717) is 19.6 Å². The van der Waals surface area contributed by atoms with Gasteiger partial charge in [-0.1, -0.05) is 18.2 Å². The van der Waals surface area contributed by atoms with Gasteiger partial charge in [0.1, 0.15) is 18.4 Å². The molecular weight excluding hydrogens is 280 g/mol. The molecule has 0 saturated carbocycles. The molecule has 0 aliphatic carbocycles. The molecule has 0 aliphatic heterocycles. The van der Waals surface area contributed by atoms with Crippen molar-refractivity contribution in [3.8, 4) is 5.75 Å². The second-order valence-corrected chi connectivity index (χ2v) is 4.86. The molecule has 1 aromatic heterocycles. The number of pyridine rings is 1. The summed E-state index contributed by atoms with van der Waals surface area (Å²) in [7, 11) is 0. The predicted octanol–water partition coefficient (Wildman–Crippen LogP) is 2.09. The van der Waals surface area contributed by atoms with Crippen molar-refractivity contribution in [3.05, 3.63) is 59.9 Å². The van der Waals surface area contributed by atoms with Gasteiger partial charge in [-0.3, -0.25) is 9.78 Å². The fourth-order valence-corrected chi connectivity index (χ4v) is 2.00. The van der Waals surface area contributed by atoms with Crippen molar-refractivity contribution in [2.24, 2.45) is 5.73 Å². The van der Waals surface area contributed by atoms with E-state index in [-0.39, 0.29) is 5.97 Å². The summed E-state index contributed by atoms with van der Waals surface area (Å²) in [6.45, 7) is 2.54. The topological polar surface area (TPSA) is 74.4 Å². The molecule has 0 spiro atoms. The zero-order valence-corrected chi connectivity index (χ0v) is 12.6. The minimum Gasteiger partial charge on any atom is -0.489 e. The van der Waals surface area contributed by atoms with Gasteiger partial charge in [0.15, 0.2) is 0 Å². The van der Waals surface area contributed by atoms with Crippen LogP contribution in [0.5, 0.6) is 5.75 Å². The Labute approximate surface area is 130 Å². The lowest BCUT2D eigenvalue weighted by molar-refractivity contribution is -0.144. The van der Waals surface area contributed by atoms with Crippen LogP contribution in [-0.4, -0.2) is 23.6 Å². The molecule has 1 unspecified atom stereocenters. The van der Waals surface area contributed by atoms with Crippen LogP contribution in [0, 0.1) is 0 Å². The molecule has 5 nitrogen and oxygen atoms in total. The van der Waals surface area contributed by atoms with Crippen LogP contribution in [0.25, 0.3) is 0 Å². The van der Waals surface area contributed by atoms with E-state index < -0.39 is 6.04 Å². The van der Waals surface area contributed by atoms with Crippen molar-refractivity contribution >= 4 is 5.97 Å². The maximum Gasteiger partial charge on any atom is 0.323 e. The highest BCUT2D eigenvalue weighted by Gasteiger charge is 2.15. The molecular formula is C17H20N2O3. The van der Waals surface area contributed by atoms with E-state index >= 15 is 0 Å². The number of rotatable bonds is 7. The standard InChI is InChI=1S/C17H20N2O3/c1-2-21-17(20)16(18)10-13-5-3-7-15(9-13)22-12-14-6-4-8-19-11-14/h3-9,11,16H,2,10,12,18H2,1H3. The first-order chi connectivity index (χ1) is 10.7. The highest BCUT2D eigenvalue weighted by Crippen LogP contribution is 2.16. The highest BCUT2D eigenvalue weighted by atomic mass is 16.5. The number of carbonyl (C=O) groups excluding carboxylic acids is 1. The molecule has 1 heterocycles. The smallest absolute Gasteiger partial charge is 0.323 e. The monoisotopic (exact) mass is 300 g/mol. The van der Waals surface area contributed by atoms with Crippen LogP contribution in [0.3, 0.4) is 0 Å². The Morgan fingerprint density at radius 2 is 2.09 bits per heavy atom. The van der Waals surface area contributed by atoms with Crippen molar-refractivity contribution in [2.45, 2.75) is 26.0 Å². The predicted molar refractivity (Wildman–Crippen MR) is 83.3 cm³/mol.